The molecular weight excluding hydrogens is 284 g/mol. The SMILES string of the molecule is CC(C)c1nnsc1C(=O)N1CCc2cccc(N)c2C1. The molecule has 0 saturated carbocycles. The van der Waals surface area contributed by atoms with Crippen molar-refractivity contribution in [3.05, 3.63) is 39.9 Å². The Morgan fingerprint density at radius 3 is 3.00 bits per heavy atom. The number of benzene rings is 1. The molecule has 0 unspecified atom stereocenters. The molecule has 1 aliphatic heterocycles. The fourth-order valence-corrected chi connectivity index (χ4v) is 3.44. The summed E-state index contributed by atoms with van der Waals surface area (Å²) in [5.41, 5.74) is 9.90. The van der Waals surface area contributed by atoms with Crippen LogP contribution in [-0.4, -0.2) is 26.9 Å². The summed E-state index contributed by atoms with van der Waals surface area (Å²) in [6, 6.07) is 5.94. The second-order valence-electron chi connectivity index (χ2n) is 5.60. The van der Waals surface area contributed by atoms with Gasteiger partial charge in [-0.3, -0.25) is 4.79 Å². The van der Waals surface area contributed by atoms with Gasteiger partial charge in [-0.25, -0.2) is 0 Å². The van der Waals surface area contributed by atoms with Crippen LogP contribution >= 0.6 is 11.5 Å². The van der Waals surface area contributed by atoms with Gasteiger partial charge in [0.25, 0.3) is 5.91 Å². The van der Waals surface area contributed by atoms with E-state index in [9.17, 15) is 4.79 Å². The van der Waals surface area contributed by atoms with Crippen molar-refractivity contribution >= 4 is 23.1 Å². The lowest BCUT2D eigenvalue weighted by Crippen LogP contribution is -2.36. The van der Waals surface area contributed by atoms with Gasteiger partial charge in [-0.05, 0) is 41.1 Å². The molecule has 0 spiro atoms. The summed E-state index contributed by atoms with van der Waals surface area (Å²) in [7, 11) is 0. The average Bonchev–Trinajstić information content (AvgIpc) is 2.96. The number of fused-ring (bicyclic) bond motifs is 1. The van der Waals surface area contributed by atoms with Gasteiger partial charge in [0.15, 0.2) is 0 Å². The van der Waals surface area contributed by atoms with E-state index >= 15 is 0 Å². The Hall–Kier alpha value is -1.95. The van der Waals surface area contributed by atoms with E-state index in [4.69, 9.17) is 5.73 Å². The Bertz CT molecular complexity index is 680. The topological polar surface area (TPSA) is 72.1 Å². The molecule has 0 saturated heterocycles. The van der Waals surface area contributed by atoms with Crippen LogP contribution in [0.3, 0.4) is 0 Å². The standard InChI is InChI=1S/C15H18N4OS/c1-9(2)13-14(21-18-17-13)15(20)19-7-6-10-4-3-5-12(16)11(10)8-19/h3-5,9H,6-8,16H2,1-2H3. The van der Waals surface area contributed by atoms with Crippen LogP contribution in [0.1, 0.15) is 46.3 Å². The number of anilines is 1. The predicted molar refractivity (Wildman–Crippen MR) is 83.3 cm³/mol. The van der Waals surface area contributed by atoms with E-state index in [2.05, 4.69) is 15.7 Å². The Morgan fingerprint density at radius 1 is 1.43 bits per heavy atom. The van der Waals surface area contributed by atoms with E-state index in [0.29, 0.717) is 18.0 Å². The van der Waals surface area contributed by atoms with Crippen molar-refractivity contribution in [3.8, 4) is 0 Å². The van der Waals surface area contributed by atoms with E-state index in [0.717, 1.165) is 23.4 Å². The van der Waals surface area contributed by atoms with Gasteiger partial charge in [0.2, 0.25) is 0 Å². The van der Waals surface area contributed by atoms with Crippen molar-refractivity contribution in [2.24, 2.45) is 0 Å². The van der Waals surface area contributed by atoms with Crippen LogP contribution in [0.15, 0.2) is 18.2 Å². The van der Waals surface area contributed by atoms with E-state index in [1.165, 1.54) is 17.1 Å². The molecule has 0 aliphatic carbocycles. The summed E-state index contributed by atoms with van der Waals surface area (Å²) in [4.78, 5) is 15.2. The fraction of sp³-hybridized carbons (Fsp3) is 0.400. The molecule has 2 aromatic rings. The lowest BCUT2D eigenvalue weighted by Gasteiger charge is -2.29. The minimum atomic E-state index is 0.0163. The smallest absolute Gasteiger partial charge is 0.267 e. The largest absolute Gasteiger partial charge is 0.398 e. The number of hydrogen-bond donors (Lipinski definition) is 1. The number of carbonyl (C=O) groups is 1. The predicted octanol–water partition coefficient (Wildman–Crippen LogP) is 2.44. The number of nitrogens with two attached hydrogens (primary N) is 1. The highest BCUT2D eigenvalue weighted by Gasteiger charge is 2.27. The number of hydrogen-bond acceptors (Lipinski definition) is 5. The zero-order valence-corrected chi connectivity index (χ0v) is 13.0. The first-order valence-corrected chi connectivity index (χ1v) is 7.83. The van der Waals surface area contributed by atoms with Gasteiger partial charge in [0.1, 0.15) is 4.88 Å². The van der Waals surface area contributed by atoms with Gasteiger partial charge in [-0.1, -0.05) is 30.5 Å². The normalized spacial score (nSPS) is 14.3. The molecule has 1 aliphatic rings. The highest BCUT2D eigenvalue weighted by molar-refractivity contribution is 7.08. The molecule has 1 aromatic carbocycles. The van der Waals surface area contributed by atoms with Crippen molar-refractivity contribution < 1.29 is 4.79 Å². The van der Waals surface area contributed by atoms with Gasteiger partial charge in [0.05, 0.1) is 5.69 Å². The average molecular weight is 302 g/mol. The van der Waals surface area contributed by atoms with E-state index in [-0.39, 0.29) is 11.8 Å². The fourth-order valence-electron chi connectivity index (χ4n) is 2.65. The summed E-state index contributed by atoms with van der Waals surface area (Å²) in [6.07, 6.45) is 0.843. The van der Waals surface area contributed by atoms with Crippen LogP contribution in [0.5, 0.6) is 0 Å². The van der Waals surface area contributed by atoms with Crippen molar-refractivity contribution in [1.29, 1.82) is 0 Å². The van der Waals surface area contributed by atoms with E-state index in [1.807, 2.05) is 30.9 Å². The molecule has 0 radical (unpaired) electrons. The number of nitrogens with zero attached hydrogens (tertiary/aromatic N) is 3. The molecule has 6 heteroatoms. The quantitative estimate of drug-likeness (QED) is 0.865. The number of rotatable bonds is 2. The maximum absolute atomic E-state index is 12.7. The first-order chi connectivity index (χ1) is 10.1. The molecular formula is C15H18N4OS. The number of aromatic nitrogens is 2. The third-order valence-electron chi connectivity index (χ3n) is 3.85. The molecule has 5 nitrogen and oxygen atoms in total. The lowest BCUT2D eigenvalue weighted by atomic mass is 9.98. The Kier molecular flexibility index (Phi) is 3.63. The molecule has 0 bridgehead atoms. The van der Waals surface area contributed by atoms with Crippen LogP contribution in [0.25, 0.3) is 0 Å². The minimum absolute atomic E-state index is 0.0163. The van der Waals surface area contributed by atoms with Gasteiger partial charge < -0.3 is 10.6 Å². The highest BCUT2D eigenvalue weighted by atomic mass is 32.1. The van der Waals surface area contributed by atoms with Crippen molar-refractivity contribution in [1.82, 2.24) is 14.5 Å². The van der Waals surface area contributed by atoms with Crippen molar-refractivity contribution in [3.63, 3.8) is 0 Å². The van der Waals surface area contributed by atoms with Crippen LogP contribution in [0.2, 0.25) is 0 Å². The van der Waals surface area contributed by atoms with Crippen molar-refractivity contribution in [2.75, 3.05) is 12.3 Å². The third-order valence-corrected chi connectivity index (χ3v) is 4.58. The zero-order chi connectivity index (χ0) is 15.0. The summed E-state index contributed by atoms with van der Waals surface area (Å²) < 4.78 is 3.94. The molecule has 0 fully saturated rings. The van der Waals surface area contributed by atoms with Gasteiger partial charge in [0, 0.05) is 18.8 Å². The van der Waals surface area contributed by atoms with E-state index in [1.54, 1.807) is 0 Å². The maximum atomic E-state index is 12.7. The summed E-state index contributed by atoms with van der Waals surface area (Å²) in [5.74, 6) is 0.215. The van der Waals surface area contributed by atoms with Gasteiger partial charge in [-0.15, -0.1) is 5.10 Å². The molecule has 0 atom stereocenters. The second-order valence-corrected chi connectivity index (χ2v) is 6.36. The van der Waals surface area contributed by atoms with Crippen LogP contribution < -0.4 is 5.73 Å². The van der Waals surface area contributed by atoms with Crippen molar-refractivity contribution in [2.45, 2.75) is 32.7 Å². The molecule has 1 amide bonds. The first kappa shape index (κ1) is 14.0. The third kappa shape index (κ3) is 2.51. The van der Waals surface area contributed by atoms with Crippen LogP contribution in [-0.2, 0) is 13.0 Å². The molecule has 1 aromatic heterocycles. The summed E-state index contributed by atoms with van der Waals surface area (Å²) in [5, 5.41) is 4.09. The number of amides is 1. The molecule has 3 rings (SSSR count). The molecule has 2 N–H and O–H groups in total. The zero-order valence-electron chi connectivity index (χ0n) is 12.2. The second kappa shape index (κ2) is 5.44. The molecule has 21 heavy (non-hydrogen) atoms. The lowest BCUT2D eigenvalue weighted by molar-refractivity contribution is 0.0738. The van der Waals surface area contributed by atoms with Crippen LogP contribution in [0.4, 0.5) is 5.69 Å². The summed E-state index contributed by atoms with van der Waals surface area (Å²) in [6.45, 7) is 5.33. The molecule has 2 heterocycles. The maximum Gasteiger partial charge on any atom is 0.267 e. The van der Waals surface area contributed by atoms with Gasteiger partial charge >= 0.3 is 0 Å². The Morgan fingerprint density at radius 2 is 2.24 bits per heavy atom. The van der Waals surface area contributed by atoms with Gasteiger partial charge in [-0.2, -0.15) is 0 Å². The highest BCUT2D eigenvalue weighted by Crippen LogP contribution is 2.27. The van der Waals surface area contributed by atoms with E-state index < -0.39 is 0 Å². The number of nitrogen functional groups attached to an aromatic ring is 1. The number of carbonyl (C=O) groups excluding carboxylic acids is 1. The Labute approximate surface area is 127 Å². The Balaban J connectivity index is 1.87. The monoisotopic (exact) mass is 302 g/mol. The first-order valence-electron chi connectivity index (χ1n) is 7.05. The van der Waals surface area contributed by atoms with Crippen LogP contribution in [0, 0.1) is 0 Å². The molecule has 110 valence electrons. The summed E-state index contributed by atoms with van der Waals surface area (Å²) >= 11 is 1.18. The minimum Gasteiger partial charge on any atom is -0.398 e.